The summed E-state index contributed by atoms with van der Waals surface area (Å²) < 4.78 is 75.1. The summed E-state index contributed by atoms with van der Waals surface area (Å²) in [7, 11) is 0. The molecular formula is C19H17F6N3O. The predicted octanol–water partition coefficient (Wildman–Crippen LogP) is 4.45. The molecule has 2 atom stereocenters. The minimum absolute atomic E-state index is 0.109. The highest BCUT2D eigenvalue weighted by atomic mass is 19.4. The number of nitrogens with one attached hydrogen (secondary N) is 2. The number of hydrogen-bond acceptors (Lipinski definition) is 3. The van der Waals surface area contributed by atoms with Crippen molar-refractivity contribution in [2.24, 2.45) is 5.92 Å². The fraction of sp³-hybridized carbons (Fsp3) is 0.368. The maximum absolute atomic E-state index is 12.6. The zero-order valence-corrected chi connectivity index (χ0v) is 14.9. The summed E-state index contributed by atoms with van der Waals surface area (Å²) in [6, 6.07) is 6.89. The van der Waals surface area contributed by atoms with Crippen LogP contribution < -0.4 is 10.6 Å². The number of benzene rings is 1. The van der Waals surface area contributed by atoms with E-state index in [-0.39, 0.29) is 36.7 Å². The maximum Gasteiger partial charge on any atom is 0.417 e. The molecule has 2 aromatic rings. The average Bonchev–Trinajstić information content (AvgIpc) is 3.45. The van der Waals surface area contributed by atoms with Gasteiger partial charge < -0.3 is 10.6 Å². The smallest absolute Gasteiger partial charge is 0.368 e. The van der Waals surface area contributed by atoms with Crippen molar-refractivity contribution >= 4 is 11.7 Å². The van der Waals surface area contributed by atoms with Crippen molar-refractivity contribution in [1.29, 1.82) is 0 Å². The first-order chi connectivity index (χ1) is 13.6. The van der Waals surface area contributed by atoms with E-state index in [0.717, 1.165) is 24.4 Å². The van der Waals surface area contributed by atoms with Gasteiger partial charge in [0.25, 0.3) is 0 Å². The quantitative estimate of drug-likeness (QED) is 0.540. The summed E-state index contributed by atoms with van der Waals surface area (Å²) in [5.41, 5.74) is -0.893. The van der Waals surface area contributed by atoms with E-state index in [2.05, 4.69) is 15.6 Å². The van der Waals surface area contributed by atoms with Crippen LogP contribution in [0.4, 0.5) is 32.2 Å². The fourth-order valence-electron chi connectivity index (χ4n) is 2.95. The van der Waals surface area contributed by atoms with E-state index in [1.807, 2.05) is 0 Å². The molecule has 156 valence electrons. The first-order valence-electron chi connectivity index (χ1n) is 8.77. The Morgan fingerprint density at radius 2 is 1.55 bits per heavy atom. The van der Waals surface area contributed by atoms with Crippen LogP contribution in [0.1, 0.15) is 29.0 Å². The molecule has 1 heterocycles. The third kappa shape index (κ3) is 5.39. The van der Waals surface area contributed by atoms with Gasteiger partial charge in [0.2, 0.25) is 5.91 Å². The molecule has 1 aromatic heterocycles. The average molecular weight is 417 g/mol. The van der Waals surface area contributed by atoms with E-state index in [4.69, 9.17) is 0 Å². The summed E-state index contributed by atoms with van der Waals surface area (Å²) in [5.74, 6) is -0.365. The summed E-state index contributed by atoms with van der Waals surface area (Å²) in [6.07, 6.45) is -7.56. The summed E-state index contributed by atoms with van der Waals surface area (Å²) in [6.45, 7) is 0.500. The number of pyridine rings is 1. The molecule has 1 fully saturated rings. The van der Waals surface area contributed by atoms with Crippen LogP contribution in [0.25, 0.3) is 0 Å². The number of carbonyl (C=O) groups is 1. The normalized spacial score (nSPS) is 19.0. The molecule has 0 saturated heterocycles. The van der Waals surface area contributed by atoms with Gasteiger partial charge in [0.05, 0.1) is 11.1 Å². The topological polar surface area (TPSA) is 54.0 Å². The Labute approximate surface area is 162 Å². The lowest BCUT2D eigenvalue weighted by Crippen LogP contribution is -2.30. The van der Waals surface area contributed by atoms with Gasteiger partial charge in [-0.2, -0.15) is 26.3 Å². The molecule has 1 aromatic carbocycles. The van der Waals surface area contributed by atoms with E-state index >= 15 is 0 Å². The fourth-order valence-corrected chi connectivity index (χ4v) is 2.95. The third-order valence-corrected chi connectivity index (χ3v) is 4.61. The van der Waals surface area contributed by atoms with Crippen molar-refractivity contribution in [3.63, 3.8) is 0 Å². The highest BCUT2D eigenvalue weighted by Crippen LogP contribution is 2.47. The highest BCUT2D eigenvalue weighted by Gasteiger charge is 2.44. The van der Waals surface area contributed by atoms with Gasteiger partial charge in [-0.1, -0.05) is 12.1 Å². The maximum atomic E-state index is 12.6. The molecule has 2 unspecified atom stereocenters. The highest BCUT2D eigenvalue weighted by molar-refractivity contribution is 5.82. The lowest BCUT2D eigenvalue weighted by atomic mass is 10.1. The third-order valence-electron chi connectivity index (χ3n) is 4.61. The van der Waals surface area contributed by atoms with Crippen LogP contribution in [-0.4, -0.2) is 24.0 Å². The van der Waals surface area contributed by atoms with Crippen LogP contribution in [0.5, 0.6) is 0 Å². The van der Waals surface area contributed by atoms with E-state index in [9.17, 15) is 31.1 Å². The molecule has 1 amide bonds. The molecule has 0 radical (unpaired) electrons. The number of anilines is 1. The van der Waals surface area contributed by atoms with Crippen molar-refractivity contribution in [1.82, 2.24) is 10.3 Å². The van der Waals surface area contributed by atoms with Crippen LogP contribution in [0.3, 0.4) is 0 Å². The first-order valence-corrected chi connectivity index (χ1v) is 8.77. The number of aromatic nitrogens is 1. The van der Waals surface area contributed by atoms with Gasteiger partial charge in [-0.3, -0.25) is 4.79 Å². The molecule has 1 aliphatic rings. The number of carbonyl (C=O) groups excluding carboxylic acids is 1. The zero-order chi connectivity index (χ0) is 21.2. The summed E-state index contributed by atoms with van der Waals surface area (Å²) >= 11 is 0. The number of rotatable bonds is 6. The van der Waals surface area contributed by atoms with Crippen LogP contribution in [-0.2, 0) is 17.1 Å². The Morgan fingerprint density at radius 3 is 2.10 bits per heavy atom. The lowest BCUT2D eigenvalue weighted by Gasteiger charge is -2.10. The first kappa shape index (κ1) is 20.9. The van der Waals surface area contributed by atoms with Gasteiger partial charge in [0.15, 0.2) is 0 Å². The number of nitrogens with zero attached hydrogens (tertiary/aromatic N) is 1. The molecule has 4 nitrogen and oxygen atoms in total. The Morgan fingerprint density at radius 1 is 0.931 bits per heavy atom. The van der Waals surface area contributed by atoms with Crippen molar-refractivity contribution < 1.29 is 31.1 Å². The second-order valence-electron chi connectivity index (χ2n) is 6.72. The molecule has 2 N–H and O–H groups in total. The molecule has 1 aliphatic carbocycles. The summed E-state index contributed by atoms with van der Waals surface area (Å²) in [4.78, 5) is 15.8. The Kier molecular flexibility index (Phi) is 5.72. The largest absolute Gasteiger partial charge is 0.417 e. The van der Waals surface area contributed by atoms with Crippen molar-refractivity contribution in [3.8, 4) is 0 Å². The molecule has 3 rings (SSSR count). The van der Waals surface area contributed by atoms with E-state index < -0.39 is 23.5 Å². The summed E-state index contributed by atoms with van der Waals surface area (Å²) in [5, 5.41) is 5.50. The number of hydrogen-bond donors (Lipinski definition) is 2. The molecule has 29 heavy (non-hydrogen) atoms. The molecule has 0 aliphatic heterocycles. The van der Waals surface area contributed by atoms with Crippen LogP contribution in [0, 0.1) is 5.92 Å². The Bertz CT molecular complexity index is 846. The van der Waals surface area contributed by atoms with Crippen LogP contribution in [0.15, 0.2) is 42.6 Å². The van der Waals surface area contributed by atoms with Crippen LogP contribution >= 0.6 is 0 Å². The van der Waals surface area contributed by atoms with E-state index in [1.165, 1.54) is 18.2 Å². The van der Waals surface area contributed by atoms with E-state index in [0.29, 0.717) is 12.0 Å². The molecule has 0 bridgehead atoms. The second kappa shape index (κ2) is 7.92. The van der Waals surface area contributed by atoms with Crippen molar-refractivity contribution in [2.75, 3.05) is 18.4 Å². The van der Waals surface area contributed by atoms with Crippen molar-refractivity contribution in [2.45, 2.75) is 24.7 Å². The monoisotopic (exact) mass is 417 g/mol. The zero-order valence-electron chi connectivity index (χ0n) is 14.9. The Hall–Kier alpha value is -2.78. The molecule has 1 saturated carbocycles. The molecular weight excluding hydrogens is 400 g/mol. The van der Waals surface area contributed by atoms with Gasteiger partial charge in [-0.15, -0.1) is 0 Å². The van der Waals surface area contributed by atoms with Gasteiger partial charge in [-0.05, 0) is 42.2 Å². The predicted molar refractivity (Wildman–Crippen MR) is 93.0 cm³/mol. The second-order valence-corrected chi connectivity index (χ2v) is 6.72. The standard InChI is InChI=1S/C19H17F6N3O/c20-18(21,22)12-3-1-11(2-4-12)14-9-15(14)17(29)27-8-7-26-16-6-5-13(10-28-16)19(23,24)25/h1-6,10,14-15H,7-9H2,(H,26,28)(H,27,29). The van der Waals surface area contributed by atoms with Crippen molar-refractivity contribution in [3.05, 3.63) is 59.3 Å². The lowest BCUT2D eigenvalue weighted by molar-refractivity contribution is -0.138. The Balaban J connectivity index is 1.41. The molecule has 10 heteroatoms. The van der Waals surface area contributed by atoms with Gasteiger partial charge in [0, 0.05) is 25.2 Å². The van der Waals surface area contributed by atoms with Gasteiger partial charge in [0.1, 0.15) is 5.82 Å². The minimum Gasteiger partial charge on any atom is -0.368 e. The van der Waals surface area contributed by atoms with Gasteiger partial charge in [-0.25, -0.2) is 4.98 Å². The minimum atomic E-state index is -4.45. The van der Waals surface area contributed by atoms with E-state index in [1.54, 1.807) is 0 Å². The molecule has 0 spiro atoms. The number of alkyl halides is 6. The van der Waals surface area contributed by atoms with Gasteiger partial charge >= 0.3 is 12.4 Å². The number of amides is 1. The van der Waals surface area contributed by atoms with Crippen LogP contribution in [0.2, 0.25) is 0 Å². The number of halogens is 6. The SMILES string of the molecule is O=C(NCCNc1ccc(C(F)(F)F)cn1)C1CC1c1ccc(C(F)(F)F)cc1.